The maximum absolute atomic E-state index is 12.0. The Morgan fingerprint density at radius 2 is 2.04 bits per heavy atom. The highest BCUT2D eigenvalue weighted by molar-refractivity contribution is 5.84. The summed E-state index contributed by atoms with van der Waals surface area (Å²) in [6.07, 6.45) is 3.30. The normalized spacial score (nSPS) is 13.4. The van der Waals surface area contributed by atoms with Gasteiger partial charge in [-0.15, -0.1) is 0 Å². The van der Waals surface area contributed by atoms with Crippen molar-refractivity contribution in [1.82, 2.24) is 15.1 Å². The van der Waals surface area contributed by atoms with Crippen LogP contribution in [0.2, 0.25) is 0 Å². The molecule has 6 nitrogen and oxygen atoms in total. The zero-order chi connectivity index (χ0) is 17.9. The van der Waals surface area contributed by atoms with Gasteiger partial charge in [0, 0.05) is 18.8 Å². The molecular weight excluding hydrogens is 318 g/mol. The van der Waals surface area contributed by atoms with Crippen molar-refractivity contribution in [2.45, 2.75) is 12.5 Å². The minimum absolute atomic E-state index is 0.0820. The molecule has 0 aliphatic rings. The van der Waals surface area contributed by atoms with Crippen molar-refractivity contribution < 1.29 is 14.6 Å². The Morgan fingerprint density at radius 3 is 2.76 bits per heavy atom. The fourth-order valence-corrected chi connectivity index (χ4v) is 2.53. The minimum Gasteiger partial charge on any atom is -0.484 e. The molecule has 0 spiro atoms. The van der Waals surface area contributed by atoms with Gasteiger partial charge < -0.3 is 15.2 Å². The molecule has 25 heavy (non-hydrogen) atoms. The largest absolute Gasteiger partial charge is 0.484 e. The molecule has 1 atom stereocenters. The number of aryl methyl sites for hydroxylation is 1. The Morgan fingerprint density at radius 1 is 1.28 bits per heavy atom. The molecule has 6 heteroatoms. The second-order valence-electron chi connectivity index (χ2n) is 6.25. The number of amides is 1. The fraction of sp³-hybridized carbons (Fsp3) is 0.263. The Bertz CT molecular complexity index is 886. The Balaban J connectivity index is 1.53. The molecule has 3 rings (SSSR count). The van der Waals surface area contributed by atoms with Crippen LogP contribution in [-0.4, -0.2) is 33.9 Å². The lowest BCUT2D eigenvalue weighted by molar-refractivity contribution is -0.124. The molecule has 0 saturated carbocycles. The molecule has 1 amide bonds. The first-order valence-electron chi connectivity index (χ1n) is 8.04. The van der Waals surface area contributed by atoms with Crippen LogP contribution in [0.3, 0.4) is 0 Å². The molecule has 1 heterocycles. The molecule has 2 N–H and O–H groups in total. The molecule has 1 unspecified atom stereocenters. The summed E-state index contributed by atoms with van der Waals surface area (Å²) in [5.74, 6) is 0.338. The second-order valence-corrected chi connectivity index (χ2v) is 6.25. The smallest absolute Gasteiger partial charge is 0.258 e. The predicted molar refractivity (Wildman–Crippen MR) is 95.2 cm³/mol. The summed E-state index contributed by atoms with van der Waals surface area (Å²) in [7, 11) is 1.77. The summed E-state index contributed by atoms with van der Waals surface area (Å²) in [4.78, 5) is 12.0. The standard InChI is InChI=1S/C19H21N3O3/c1-19(24,16-10-21-22(2)11-16)13-20-18(23)12-25-17-8-7-14-5-3-4-6-15(14)9-17/h3-11,24H,12-13H2,1-2H3,(H,20,23). The van der Waals surface area contributed by atoms with Gasteiger partial charge in [-0.2, -0.15) is 5.10 Å². The number of benzene rings is 2. The number of ether oxygens (including phenoxy) is 1. The monoisotopic (exact) mass is 339 g/mol. The Labute approximate surface area is 146 Å². The number of hydrogen-bond acceptors (Lipinski definition) is 4. The number of nitrogens with zero attached hydrogens (tertiary/aromatic N) is 2. The van der Waals surface area contributed by atoms with E-state index in [4.69, 9.17) is 4.74 Å². The minimum atomic E-state index is -1.19. The van der Waals surface area contributed by atoms with E-state index < -0.39 is 5.60 Å². The predicted octanol–water partition coefficient (Wildman–Crippen LogP) is 1.98. The van der Waals surface area contributed by atoms with Gasteiger partial charge in [-0.25, -0.2) is 0 Å². The molecule has 3 aromatic rings. The first-order valence-corrected chi connectivity index (χ1v) is 8.04. The molecule has 0 radical (unpaired) electrons. The molecule has 130 valence electrons. The summed E-state index contributed by atoms with van der Waals surface area (Å²) in [6.45, 7) is 1.61. The van der Waals surface area contributed by atoms with Crippen molar-refractivity contribution in [3.8, 4) is 5.75 Å². The van der Waals surface area contributed by atoms with Gasteiger partial charge in [0.25, 0.3) is 5.91 Å². The third kappa shape index (κ3) is 4.16. The van der Waals surface area contributed by atoms with Crippen molar-refractivity contribution in [1.29, 1.82) is 0 Å². The van der Waals surface area contributed by atoms with E-state index in [1.807, 2.05) is 42.5 Å². The van der Waals surface area contributed by atoms with E-state index >= 15 is 0 Å². The topological polar surface area (TPSA) is 76.4 Å². The van der Waals surface area contributed by atoms with Crippen molar-refractivity contribution in [3.05, 3.63) is 60.4 Å². The fourth-order valence-electron chi connectivity index (χ4n) is 2.53. The second kappa shape index (κ2) is 6.94. The molecule has 0 bridgehead atoms. The first kappa shape index (κ1) is 17.0. The van der Waals surface area contributed by atoms with E-state index in [-0.39, 0.29) is 19.1 Å². The SMILES string of the molecule is Cn1cc(C(C)(O)CNC(=O)COc2ccc3ccccc3c2)cn1. The van der Waals surface area contributed by atoms with Crippen molar-refractivity contribution in [2.75, 3.05) is 13.2 Å². The van der Waals surface area contributed by atoms with Crippen LogP contribution >= 0.6 is 0 Å². The van der Waals surface area contributed by atoms with Gasteiger partial charge in [0.2, 0.25) is 0 Å². The van der Waals surface area contributed by atoms with Gasteiger partial charge in [-0.1, -0.05) is 30.3 Å². The third-order valence-corrected chi connectivity index (χ3v) is 4.05. The van der Waals surface area contributed by atoms with Crippen LogP contribution in [0, 0.1) is 0 Å². The van der Waals surface area contributed by atoms with E-state index in [1.54, 1.807) is 31.0 Å². The molecule has 0 aliphatic heterocycles. The first-order chi connectivity index (χ1) is 11.9. The summed E-state index contributed by atoms with van der Waals surface area (Å²) >= 11 is 0. The summed E-state index contributed by atoms with van der Waals surface area (Å²) in [6, 6.07) is 13.6. The molecule has 0 fully saturated rings. The molecular formula is C19H21N3O3. The highest BCUT2D eigenvalue weighted by atomic mass is 16.5. The van der Waals surface area contributed by atoms with Crippen LogP contribution in [0.4, 0.5) is 0 Å². The van der Waals surface area contributed by atoms with E-state index in [0.717, 1.165) is 10.8 Å². The zero-order valence-electron chi connectivity index (χ0n) is 14.3. The molecule has 1 aromatic heterocycles. The highest BCUT2D eigenvalue weighted by Crippen LogP contribution is 2.21. The van der Waals surface area contributed by atoms with Crippen LogP contribution in [0.25, 0.3) is 10.8 Å². The quantitative estimate of drug-likeness (QED) is 0.720. The lowest BCUT2D eigenvalue weighted by atomic mass is 10.00. The van der Waals surface area contributed by atoms with E-state index in [0.29, 0.717) is 11.3 Å². The van der Waals surface area contributed by atoms with E-state index in [9.17, 15) is 9.90 Å². The lowest BCUT2D eigenvalue weighted by Gasteiger charge is -2.22. The van der Waals surface area contributed by atoms with Gasteiger partial charge in [-0.3, -0.25) is 9.48 Å². The van der Waals surface area contributed by atoms with Crippen molar-refractivity contribution in [2.24, 2.45) is 7.05 Å². The summed E-state index contributed by atoms with van der Waals surface area (Å²) in [5.41, 5.74) is -0.543. The number of nitrogens with one attached hydrogen (secondary N) is 1. The highest BCUT2D eigenvalue weighted by Gasteiger charge is 2.25. The van der Waals surface area contributed by atoms with Crippen molar-refractivity contribution in [3.63, 3.8) is 0 Å². The van der Waals surface area contributed by atoms with Gasteiger partial charge >= 0.3 is 0 Å². The van der Waals surface area contributed by atoms with Gasteiger partial charge in [0.05, 0.1) is 12.7 Å². The van der Waals surface area contributed by atoms with E-state index in [1.165, 1.54) is 0 Å². The summed E-state index contributed by atoms with van der Waals surface area (Å²) in [5, 5.41) is 19.3. The molecule has 0 saturated heterocycles. The lowest BCUT2D eigenvalue weighted by Crippen LogP contribution is -2.40. The number of aromatic nitrogens is 2. The number of carbonyl (C=O) groups is 1. The Kier molecular flexibility index (Phi) is 4.72. The van der Waals surface area contributed by atoms with E-state index in [2.05, 4.69) is 10.4 Å². The van der Waals surface area contributed by atoms with Crippen molar-refractivity contribution >= 4 is 16.7 Å². The summed E-state index contributed by atoms with van der Waals surface area (Å²) < 4.78 is 7.15. The van der Waals surface area contributed by atoms with Crippen LogP contribution in [0.1, 0.15) is 12.5 Å². The number of hydrogen-bond donors (Lipinski definition) is 2. The maximum Gasteiger partial charge on any atom is 0.258 e. The average Bonchev–Trinajstić information content (AvgIpc) is 3.05. The number of carbonyl (C=O) groups excluding carboxylic acids is 1. The Hall–Kier alpha value is -2.86. The molecule has 2 aromatic carbocycles. The van der Waals surface area contributed by atoms with Gasteiger partial charge in [-0.05, 0) is 29.8 Å². The third-order valence-electron chi connectivity index (χ3n) is 4.05. The van der Waals surface area contributed by atoms with Gasteiger partial charge in [0.15, 0.2) is 6.61 Å². The maximum atomic E-state index is 12.0. The number of aliphatic hydroxyl groups is 1. The molecule has 0 aliphatic carbocycles. The van der Waals surface area contributed by atoms with Crippen LogP contribution < -0.4 is 10.1 Å². The average molecular weight is 339 g/mol. The van der Waals surface area contributed by atoms with Gasteiger partial charge in [0.1, 0.15) is 11.4 Å². The number of rotatable bonds is 6. The zero-order valence-corrected chi connectivity index (χ0v) is 14.3. The van der Waals surface area contributed by atoms with Crippen LogP contribution in [-0.2, 0) is 17.4 Å². The van der Waals surface area contributed by atoms with Crippen LogP contribution in [0.5, 0.6) is 5.75 Å². The van der Waals surface area contributed by atoms with Crippen LogP contribution in [0.15, 0.2) is 54.9 Å². The number of fused-ring (bicyclic) bond motifs is 1.